The van der Waals surface area contributed by atoms with Gasteiger partial charge < -0.3 is 21.0 Å². The van der Waals surface area contributed by atoms with Gasteiger partial charge in [0.1, 0.15) is 6.29 Å². The molecule has 0 unspecified atom stereocenters. The standard InChI is InChI=1S/C6H9N3O.H2O/c7-5(3-10)1-6-2-8-4-9-6;/h2-5H,1,7H2,(H,8,9);1H2/t5-;/m0./s1. The summed E-state index contributed by atoms with van der Waals surface area (Å²) in [4.78, 5) is 16.7. The van der Waals surface area contributed by atoms with Crippen LogP contribution in [0, 0.1) is 0 Å². The number of H-pyrrole nitrogens is 1. The maximum atomic E-state index is 10.1. The minimum Gasteiger partial charge on any atom is -0.412 e. The molecule has 62 valence electrons. The number of carbonyl (C=O) groups excluding carboxylic acids is 1. The zero-order valence-corrected chi connectivity index (χ0v) is 5.95. The van der Waals surface area contributed by atoms with Crippen molar-refractivity contribution in [3.8, 4) is 0 Å². The highest BCUT2D eigenvalue weighted by Gasteiger charge is 2.01. The van der Waals surface area contributed by atoms with Crippen molar-refractivity contribution in [3.05, 3.63) is 18.2 Å². The maximum absolute atomic E-state index is 10.1. The lowest BCUT2D eigenvalue weighted by atomic mass is 10.2. The van der Waals surface area contributed by atoms with Gasteiger partial charge in [-0.15, -0.1) is 0 Å². The first-order valence-electron chi connectivity index (χ1n) is 3.01. The summed E-state index contributed by atoms with van der Waals surface area (Å²) in [6, 6.07) is -0.416. The summed E-state index contributed by atoms with van der Waals surface area (Å²) in [5, 5.41) is 0. The van der Waals surface area contributed by atoms with Gasteiger partial charge in [0.05, 0.1) is 12.4 Å². The highest BCUT2D eigenvalue weighted by atomic mass is 16.1. The van der Waals surface area contributed by atoms with Gasteiger partial charge >= 0.3 is 0 Å². The largest absolute Gasteiger partial charge is 0.412 e. The number of carbonyl (C=O) groups is 1. The Bertz CT molecular complexity index is 198. The van der Waals surface area contributed by atoms with Crippen LogP contribution in [-0.2, 0) is 11.2 Å². The van der Waals surface area contributed by atoms with Gasteiger partial charge in [0.25, 0.3) is 0 Å². The van der Waals surface area contributed by atoms with E-state index >= 15 is 0 Å². The Morgan fingerprint density at radius 2 is 2.55 bits per heavy atom. The molecule has 1 rings (SSSR count). The van der Waals surface area contributed by atoms with E-state index in [1.807, 2.05) is 0 Å². The summed E-state index contributed by atoms with van der Waals surface area (Å²) in [6.45, 7) is 0. The predicted octanol–water partition coefficient (Wildman–Crippen LogP) is -1.35. The van der Waals surface area contributed by atoms with E-state index in [1.54, 1.807) is 12.5 Å². The third-order valence-electron chi connectivity index (χ3n) is 1.19. The second kappa shape index (κ2) is 4.59. The molecule has 11 heavy (non-hydrogen) atoms. The molecule has 0 aliphatic carbocycles. The molecule has 0 saturated heterocycles. The number of rotatable bonds is 3. The molecule has 5 N–H and O–H groups in total. The van der Waals surface area contributed by atoms with E-state index < -0.39 is 6.04 Å². The molecule has 0 saturated carbocycles. The van der Waals surface area contributed by atoms with Crippen molar-refractivity contribution in [1.82, 2.24) is 9.97 Å². The van der Waals surface area contributed by atoms with Crippen LogP contribution in [0.2, 0.25) is 0 Å². The van der Waals surface area contributed by atoms with Crippen LogP contribution in [0.15, 0.2) is 12.5 Å². The van der Waals surface area contributed by atoms with E-state index in [0.717, 1.165) is 12.0 Å². The number of hydrogen-bond donors (Lipinski definition) is 2. The Hall–Kier alpha value is -1.20. The van der Waals surface area contributed by atoms with Crippen LogP contribution in [0.25, 0.3) is 0 Å². The molecule has 0 fully saturated rings. The van der Waals surface area contributed by atoms with Gasteiger partial charge in [-0.25, -0.2) is 4.98 Å². The third-order valence-corrected chi connectivity index (χ3v) is 1.19. The number of nitrogens with one attached hydrogen (secondary N) is 1. The fourth-order valence-corrected chi connectivity index (χ4v) is 0.698. The van der Waals surface area contributed by atoms with Crippen LogP contribution in [-0.4, -0.2) is 27.8 Å². The Balaban J connectivity index is 0.000001000. The summed E-state index contributed by atoms with van der Waals surface area (Å²) in [7, 11) is 0. The van der Waals surface area contributed by atoms with Crippen molar-refractivity contribution in [2.45, 2.75) is 12.5 Å². The molecule has 0 bridgehead atoms. The highest BCUT2D eigenvalue weighted by molar-refractivity contribution is 5.57. The van der Waals surface area contributed by atoms with Crippen LogP contribution in [0.5, 0.6) is 0 Å². The SMILES string of the molecule is N[C@H](C=O)Cc1cnc[nH]1.O. The molecule has 5 nitrogen and oxygen atoms in total. The Labute approximate surface area is 63.9 Å². The van der Waals surface area contributed by atoms with Crippen LogP contribution in [0.1, 0.15) is 5.69 Å². The molecule has 0 aromatic carbocycles. The van der Waals surface area contributed by atoms with Crippen molar-refractivity contribution in [2.75, 3.05) is 0 Å². The van der Waals surface area contributed by atoms with E-state index in [0.29, 0.717) is 6.42 Å². The van der Waals surface area contributed by atoms with Crippen LogP contribution in [0.4, 0.5) is 0 Å². The van der Waals surface area contributed by atoms with Crippen molar-refractivity contribution >= 4 is 6.29 Å². The number of aromatic amines is 1. The number of nitrogens with zero attached hydrogens (tertiary/aromatic N) is 1. The molecule has 1 aromatic rings. The predicted molar refractivity (Wildman–Crippen MR) is 39.9 cm³/mol. The molecule has 0 radical (unpaired) electrons. The maximum Gasteiger partial charge on any atom is 0.137 e. The van der Waals surface area contributed by atoms with Crippen LogP contribution >= 0.6 is 0 Å². The lowest BCUT2D eigenvalue weighted by molar-refractivity contribution is -0.108. The number of imidazole rings is 1. The normalized spacial score (nSPS) is 11.7. The van der Waals surface area contributed by atoms with Crippen LogP contribution < -0.4 is 5.73 Å². The van der Waals surface area contributed by atoms with Gasteiger partial charge in [0.2, 0.25) is 0 Å². The van der Waals surface area contributed by atoms with E-state index in [4.69, 9.17) is 5.73 Å². The van der Waals surface area contributed by atoms with Gasteiger partial charge in [-0.2, -0.15) is 0 Å². The quantitative estimate of drug-likeness (QED) is 0.530. The smallest absolute Gasteiger partial charge is 0.137 e. The van der Waals surface area contributed by atoms with Gasteiger partial charge in [0, 0.05) is 18.3 Å². The highest BCUT2D eigenvalue weighted by Crippen LogP contribution is 1.93. The summed E-state index contributed by atoms with van der Waals surface area (Å²) in [5.74, 6) is 0. The van der Waals surface area contributed by atoms with Gasteiger partial charge in [0.15, 0.2) is 0 Å². The third kappa shape index (κ3) is 2.92. The zero-order chi connectivity index (χ0) is 7.40. The summed E-state index contributed by atoms with van der Waals surface area (Å²) in [6.07, 6.45) is 4.47. The monoisotopic (exact) mass is 157 g/mol. The average molecular weight is 157 g/mol. The number of aldehydes is 1. The zero-order valence-electron chi connectivity index (χ0n) is 5.95. The second-order valence-electron chi connectivity index (χ2n) is 2.08. The molecular formula is C6H11N3O2. The first-order valence-corrected chi connectivity index (χ1v) is 3.01. The van der Waals surface area contributed by atoms with Crippen molar-refractivity contribution < 1.29 is 10.3 Å². The molecule has 0 amide bonds. The van der Waals surface area contributed by atoms with E-state index in [-0.39, 0.29) is 5.48 Å². The van der Waals surface area contributed by atoms with E-state index in [1.165, 1.54) is 0 Å². The average Bonchev–Trinajstić information content (AvgIpc) is 2.40. The van der Waals surface area contributed by atoms with Gasteiger partial charge in [-0.3, -0.25) is 0 Å². The molecule has 0 aliphatic heterocycles. The molecule has 1 heterocycles. The fraction of sp³-hybridized carbons (Fsp3) is 0.333. The summed E-state index contributed by atoms with van der Waals surface area (Å²) < 4.78 is 0. The Morgan fingerprint density at radius 1 is 1.82 bits per heavy atom. The number of nitrogens with two attached hydrogens (primary N) is 1. The summed E-state index contributed by atoms with van der Waals surface area (Å²) >= 11 is 0. The minimum atomic E-state index is -0.416. The van der Waals surface area contributed by atoms with Crippen molar-refractivity contribution in [2.24, 2.45) is 5.73 Å². The van der Waals surface area contributed by atoms with Crippen molar-refractivity contribution in [1.29, 1.82) is 0 Å². The lowest BCUT2D eigenvalue weighted by Crippen LogP contribution is -2.24. The Morgan fingerprint density at radius 3 is 3.00 bits per heavy atom. The Kier molecular flexibility index (Phi) is 4.09. The number of aromatic nitrogens is 2. The number of hydrogen-bond acceptors (Lipinski definition) is 3. The van der Waals surface area contributed by atoms with Crippen LogP contribution in [0.3, 0.4) is 0 Å². The lowest BCUT2D eigenvalue weighted by Gasteiger charge is -1.98. The van der Waals surface area contributed by atoms with Gasteiger partial charge in [-0.1, -0.05) is 0 Å². The summed E-state index contributed by atoms with van der Waals surface area (Å²) in [5.41, 5.74) is 6.24. The first-order chi connectivity index (χ1) is 4.83. The first kappa shape index (κ1) is 9.80. The fourth-order valence-electron chi connectivity index (χ4n) is 0.698. The minimum absolute atomic E-state index is 0. The molecule has 1 aromatic heterocycles. The second-order valence-corrected chi connectivity index (χ2v) is 2.08. The topological polar surface area (TPSA) is 103 Å². The molecule has 5 heteroatoms. The van der Waals surface area contributed by atoms with E-state index in [2.05, 4.69) is 9.97 Å². The van der Waals surface area contributed by atoms with Gasteiger partial charge in [-0.05, 0) is 0 Å². The molecule has 0 aliphatic rings. The van der Waals surface area contributed by atoms with Crippen molar-refractivity contribution in [3.63, 3.8) is 0 Å². The molecule has 0 spiro atoms. The molecular weight excluding hydrogens is 146 g/mol. The molecule has 1 atom stereocenters. The van der Waals surface area contributed by atoms with E-state index in [9.17, 15) is 4.79 Å².